The van der Waals surface area contributed by atoms with Crippen LogP contribution in [-0.4, -0.2) is 47.8 Å². The third-order valence-electron chi connectivity index (χ3n) is 4.20. The summed E-state index contributed by atoms with van der Waals surface area (Å²) in [4.78, 5) is 2.55. The maximum atomic E-state index is 9.73. The molecular weight excluding hydrogens is 200 g/mol. The molecule has 1 aliphatic carbocycles. The summed E-state index contributed by atoms with van der Waals surface area (Å²) in [5, 5.41) is 13.3. The molecule has 0 aromatic heterocycles. The molecule has 16 heavy (non-hydrogen) atoms. The Morgan fingerprint density at radius 1 is 1.31 bits per heavy atom. The second-order valence-electron chi connectivity index (χ2n) is 5.76. The van der Waals surface area contributed by atoms with Crippen LogP contribution in [0.5, 0.6) is 0 Å². The Kier molecular flexibility index (Phi) is 4.22. The van der Waals surface area contributed by atoms with Gasteiger partial charge < -0.3 is 15.3 Å². The van der Waals surface area contributed by atoms with Crippen molar-refractivity contribution in [2.75, 3.05) is 19.6 Å². The van der Waals surface area contributed by atoms with Crippen LogP contribution in [0, 0.1) is 5.92 Å². The Balaban J connectivity index is 1.67. The third-order valence-corrected chi connectivity index (χ3v) is 4.20. The Morgan fingerprint density at radius 2 is 2.12 bits per heavy atom. The van der Waals surface area contributed by atoms with E-state index >= 15 is 0 Å². The lowest BCUT2D eigenvalue weighted by Gasteiger charge is -2.22. The van der Waals surface area contributed by atoms with E-state index < -0.39 is 0 Å². The monoisotopic (exact) mass is 226 g/mol. The Hall–Kier alpha value is -0.120. The molecule has 1 heterocycles. The summed E-state index contributed by atoms with van der Waals surface area (Å²) < 4.78 is 0. The molecule has 0 radical (unpaired) electrons. The maximum Gasteiger partial charge on any atom is 0.0693 e. The Labute approximate surface area is 99.2 Å². The van der Waals surface area contributed by atoms with Gasteiger partial charge in [-0.15, -0.1) is 0 Å². The van der Waals surface area contributed by atoms with Gasteiger partial charge in [0.25, 0.3) is 0 Å². The Morgan fingerprint density at radius 3 is 2.69 bits per heavy atom. The molecule has 2 fully saturated rings. The van der Waals surface area contributed by atoms with Crippen LogP contribution in [0.2, 0.25) is 0 Å². The van der Waals surface area contributed by atoms with Crippen molar-refractivity contribution in [3.63, 3.8) is 0 Å². The minimum atomic E-state index is -0.0948. The largest absolute Gasteiger partial charge is 0.392 e. The second kappa shape index (κ2) is 5.48. The quantitative estimate of drug-likeness (QED) is 0.756. The van der Waals surface area contributed by atoms with Crippen LogP contribution in [0.25, 0.3) is 0 Å². The number of nitrogens with zero attached hydrogens (tertiary/aromatic N) is 1. The number of aliphatic hydroxyl groups is 1. The van der Waals surface area contributed by atoms with Crippen LogP contribution < -0.4 is 5.32 Å². The molecule has 0 spiro atoms. The van der Waals surface area contributed by atoms with Gasteiger partial charge in [0.15, 0.2) is 0 Å². The van der Waals surface area contributed by atoms with Crippen molar-refractivity contribution < 1.29 is 5.11 Å². The summed E-state index contributed by atoms with van der Waals surface area (Å²) in [6, 6.07) is 1.05. The molecule has 0 aromatic carbocycles. The number of hydrogen-bond donors (Lipinski definition) is 2. The number of nitrogens with one attached hydrogen (secondary N) is 1. The number of rotatable bonds is 4. The van der Waals surface area contributed by atoms with Crippen molar-refractivity contribution >= 4 is 0 Å². The molecule has 1 aliphatic heterocycles. The van der Waals surface area contributed by atoms with Crippen LogP contribution in [0.3, 0.4) is 0 Å². The van der Waals surface area contributed by atoms with Gasteiger partial charge in [-0.05, 0) is 58.5 Å². The molecular formula is C13H26N2O. The zero-order chi connectivity index (χ0) is 11.5. The van der Waals surface area contributed by atoms with E-state index in [0.717, 1.165) is 25.3 Å². The van der Waals surface area contributed by atoms with Gasteiger partial charge in [0.2, 0.25) is 0 Å². The van der Waals surface area contributed by atoms with E-state index in [4.69, 9.17) is 0 Å². The molecule has 0 bridgehead atoms. The zero-order valence-corrected chi connectivity index (χ0v) is 10.7. The standard InChI is InChI=1S/C13H26N2O/c1-10(2)15-7-6-11(9-15)8-14-12-4-3-5-13(12)16/h10-14,16H,3-9H2,1-2H3/t11?,12-,13-/m1/s1. The average molecular weight is 226 g/mol. The predicted molar refractivity (Wildman–Crippen MR) is 66.5 cm³/mol. The van der Waals surface area contributed by atoms with E-state index in [-0.39, 0.29) is 6.10 Å². The van der Waals surface area contributed by atoms with Crippen molar-refractivity contribution in [2.45, 2.75) is 57.7 Å². The van der Waals surface area contributed by atoms with Crippen LogP contribution >= 0.6 is 0 Å². The lowest BCUT2D eigenvalue weighted by molar-refractivity contribution is 0.146. The molecule has 2 aliphatic rings. The zero-order valence-electron chi connectivity index (χ0n) is 10.7. The smallest absolute Gasteiger partial charge is 0.0693 e. The summed E-state index contributed by atoms with van der Waals surface area (Å²) in [5.41, 5.74) is 0. The highest BCUT2D eigenvalue weighted by Crippen LogP contribution is 2.21. The van der Waals surface area contributed by atoms with Gasteiger partial charge in [-0.1, -0.05) is 0 Å². The van der Waals surface area contributed by atoms with Gasteiger partial charge >= 0.3 is 0 Å². The molecule has 2 rings (SSSR count). The first kappa shape index (κ1) is 12.3. The molecule has 1 saturated carbocycles. The molecule has 3 atom stereocenters. The van der Waals surface area contributed by atoms with E-state index in [1.807, 2.05) is 0 Å². The lowest BCUT2D eigenvalue weighted by Crippen LogP contribution is -2.39. The third kappa shape index (κ3) is 2.96. The van der Waals surface area contributed by atoms with Crippen molar-refractivity contribution in [3.8, 4) is 0 Å². The highest BCUT2D eigenvalue weighted by molar-refractivity contribution is 4.85. The second-order valence-corrected chi connectivity index (χ2v) is 5.76. The molecule has 3 heteroatoms. The topological polar surface area (TPSA) is 35.5 Å². The summed E-state index contributed by atoms with van der Waals surface area (Å²) in [5.74, 6) is 0.787. The van der Waals surface area contributed by atoms with Crippen LogP contribution in [-0.2, 0) is 0 Å². The van der Waals surface area contributed by atoms with Gasteiger partial charge in [0.05, 0.1) is 6.10 Å². The van der Waals surface area contributed by atoms with E-state index in [9.17, 15) is 5.11 Å². The first-order valence-corrected chi connectivity index (χ1v) is 6.82. The molecule has 1 unspecified atom stereocenters. The number of hydrogen-bond acceptors (Lipinski definition) is 3. The van der Waals surface area contributed by atoms with Crippen molar-refractivity contribution in [1.29, 1.82) is 0 Å². The first-order chi connectivity index (χ1) is 7.66. The lowest BCUT2D eigenvalue weighted by atomic mass is 10.1. The summed E-state index contributed by atoms with van der Waals surface area (Å²) in [7, 11) is 0. The normalized spacial score (nSPS) is 36.4. The van der Waals surface area contributed by atoms with Gasteiger partial charge in [-0.2, -0.15) is 0 Å². The number of likely N-dealkylation sites (tertiary alicyclic amines) is 1. The molecule has 2 N–H and O–H groups in total. The summed E-state index contributed by atoms with van der Waals surface area (Å²) in [6.07, 6.45) is 4.54. The maximum absolute atomic E-state index is 9.73. The van der Waals surface area contributed by atoms with Crippen LogP contribution in [0.4, 0.5) is 0 Å². The SMILES string of the molecule is CC(C)N1CCC(CN[C@@H]2CCC[C@H]2O)C1. The molecule has 0 amide bonds. The van der Waals surface area contributed by atoms with Crippen molar-refractivity contribution in [2.24, 2.45) is 5.92 Å². The Bertz CT molecular complexity index is 220. The fourth-order valence-corrected chi connectivity index (χ4v) is 2.99. The molecule has 94 valence electrons. The van der Waals surface area contributed by atoms with Crippen molar-refractivity contribution in [1.82, 2.24) is 10.2 Å². The van der Waals surface area contributed by atoms with Gasteiger partial charge in [0.1, 0.15) is 0 Å². The molecule has 1 saturated heterocycles. The highest BCUT2D eigenvalue weighted by Gasteiger charge is 2.28. The van der Waals surface area contributed by atoms with Gasteiger partial charge in [-0.25, -0.2) is 0 Å². The van der Waals surface area contributed by atoms with E-state index in [1.54, 1.807) is 0 Å². The summed E-state index contributed by atoms with van der Waals surface area (Å²) >= 11 is 0. The fourth-order valence-electron chi connectivity index (χ4n) is 2.99. The molecule has 3 nitrogen and oxygen atoms in total. The fraction of sp³-hybridized carbons (Fsp3) is 1.00. The van der Waals surface area contributed by atoms with E-state index in [1.165, 1.54) is 25.9 Å². The minimum Gasteiger partial charge on any atom is -0.392 e. The minimum absolute atomic E-state index is 0.0948. The van der Waals surface area contributed by atoms with Gasteiger partial charge in [0, 0.05) is 18.6 Å². The van der Waals surface area contributed by atoms with E-state index in [2.05, 4.69) is 24.1 Å². The average Bonchev–Trinajstić information content (AvgIpc) is 2.83. The first-order valence-electron chi connectivity index (χ1n) is 6.82. The van der Waals surface area contributed by atoms with Crippen molar-refractivity contribution in [3.05, 3.63) is 0 Å². The molecule has 0 aromatic rings. The van der Waals surface area contributed by atoms with E-state index in [0.29, 0.717) is 12.1 Å². The summed E-state index contributed by atoms with van der Waals surface area (Å²) in [6.45, 7) is 8.11. The highest BCUT2D eigenvalue weighted by atomic mass is 16.3. The predicted octanol–water partition coefficient (Wildman–Crippen LogP) is 1.22. The number of aliphatic hydroxyl groups excluding tert-OH is 1. The van der Waals surface area contributed by atoms with Crippen LogP contribution in [0.15, 0.2) is 0 Å². The van der Waals surface area contributed by atoms with Crippen LogP contribution in [0.1, 0.15) is 39.5 Å². The van der Waals surface area contributed by atoms with Gasteiger partial charge in [-0.3, -0.25) is 0 Å².